The van der Waals surface area contributed by atoms with Gasteiger partial charge >= 0.3 is 0 Å². The Morgan fingerprint density at radius 1 is 1.17 bits per heavy atom. The molecule has 0 aromatic rings. The fourth-order valence-corrected chi connectivity index (χ4v) is 2.76. The van der Waals surface area contributed by atoms with Crippen LogP contribution in [0.4, 0.5) is 0 Å². The van der Waals surface area contributed by atoms with Gasteiger partial charge in [-0.2, -0.15) is 0 Å². The van der Waals surface area contributed by atoms with Crippen molar-refractivity contribution in [2.45, 2.75) is 39.2 Å². The van der Waals surface area contributed by atoms with E-state index in [1.807, 2.05) is 0 Å². The van der Waals surface area contributed by atoms with Gasteiger partial charge in [-0.3, -0.25) is 0 Å². The number of hydrogen-bond donors (Lipinski definition) is 0. The molecule has 2 fully saturated rings. The first-order valence-corrected chi connectivity index (χ1v) is 5.38. The predicted octanol–water partition coefficient (Wildman–Crippen LogP) is 2.37. The molecule has 0 N–H and O–H groups in total. The Morgan fingerprint density at radius 2 is 1.83 bits per heavy atom. The van der Waals surface area contributed by atoms with Crippen molar-refractivity contribution in [2.75, 3.05) is 13.6 Å². The van der Waals surface area contributed by atoms with E-state index in [1.165, 1.54) is 25.8 Å². The number of hydrogen-bond acceptors (Lipinski definition) is 1. The van der Waals surface area contributed by atoms with Gasteiger partial charge in [0.05, 0.1) is 0 Å². The normalized spacial score (nSPS) is 38.0. The molecule has 0 bridgehead atoms. The van der Waals surface area contributed by atoms with Gasteiger partial charge < -0.3 is 4.90 Å². The first-order chi connectivity index (χ1) is 5.68. The summed E-state index contributed by atoms with van der Waals surface area (Å²) in [5.41, 5.74) is 0. The second-order valence-electron chi connectivity index (χ2n) is 5.08. The first-order valence-electron chi connectivity index (χ1n) is 5.38. The lowest BCUT2D eigenvalue weighted by Gasteiger charge is -2.22. The van der Waals surface area contributed by atoms with Crippen LogP contribution in [0.25, 0.3) is 0 Å². The van der Waals surface area contributed by atoms with E-state index in [9.17, 15) is 0 Å². The fraction of sp³-hybridized carbons (Fsp3) is 1.00. The quantitative estimate of drug-likeness (QED) is 0.610. The predicted molar refractivity (Wildman–Crippen MR) is 52.1 cm³/mol. The average Bonchev–Trinajstić information content (AvgIpc) is 2.75. The van der Waals surface area contributed by atoms with E-state index in [4.69, 9.17) is 0 Å². The van der Waals surface area contributed by atoms with Crippen LogP contribution in [0.2, 0.25) is 0 Å². The van der Waals surface area contributed by atoms with Crippen LogP contribution in [-0.4, -0.2) is 24.5 Å². The third kappa shape index (κ3) is 1.52. The molecule has 0 unspecified atom stereocenters. The van der Waals surface area contributed by atoms with Crippen molar-refractivity contribution in [2.24, 2.45) is 17.8 Å². The van der Waals surface area contributed by atoms with Crippen LogP contribution in [0.5, 0.6) is 0 Å². The highest BCUT2D eigenvalue weighted by molar-refractivity contribution is 4.92. The Morgan fingerprint density at radius 3 is 2.25 bits per heavy atom. The van der Waals surface area contributed by atoms with Crippen molar-refractivity contribution in [3.63, 3.8) is 0 Å². The van der Waals surface area contributed by atoms with Crippen LogP contribution in [0.15, 0.2) is 0 Å². The van der Waals surface area contributed by atoms with Gasteiger partial charge in [-0.25, -0.2) is 0 Å². The van der Waals surface area contributed by atoms with Gasteiger partial charge in [-0.15, -0.1) is 0 Å². The maximum Gasteiger partial charge on any atom is 0.0118 e. The Kier molecular flexibility index (Phi) is 2.16. The van der Waals surface area contributed by atoms with Crippen molar-refractivity contribution in [3.8, 4) is 0 Å². The van der Waals surface area contributed by atoms with Crippen LogP contribution in [0, 0.1) is 17.8 Å². The van der Waals surface area contributed by atoms with E-state index in [2.05, 4.69) is 25.8 Å². The molecule has 0 radical (unpaired) electrons. The second kappa shape index (κ2) is 3.02. The van der Waals surface area contributed by atoms with Gasteiger partial charge in [-0.1, -0.05) is 13.8 Å². The summed E-state index contributed by atoms with van der Waals surface area (Å²) >= 11 is 0. The summed E-state index contributed by atoms with van der Waals surface area (Å²) in [4.78, 5) is 2.58. The summed E-state index contributed by atoms with van der Waals surface area (Å²) in [6.07, 6.45) is 4.51. The average molecular weight is 167 g/mol. The summed E-state index contributed by atoms with van der Waals surface area (Å²) in [6.45, 7) is 6.08. The first kappa shape index (κ1) is 8.55. The van der Waals surface area contributed by atoms with E-state index >= 15 is 0 Å². The van der Waals surface area contributed by atoms with E-state index in [-0.39, 0.29) is 0 Å². The smallest absolute Gasteiger partial charge is 0.0118 e. The molecule has 0 aromatic carbocycles. The zero-order chi connectivity index (χ0) is 8.72. The van der Waals surface area contributed by atoms with Crippen molar-refractivity contribution < 1.29 is 0 Å². The Bertz CT molecular complexity index is 160. The minimum atomic E-state index is 0.846. The summed E-state index contributed by atoms with van der Waals surface area (Å²) < 4.78 is 0. The molecule has 2 atom stereocenters. The van der Waals surface area contributed by atoms with Crippen molar-refractivity contribution in [1.82, 2.24) is 4.90 Å². The molecule has 0 aromatic heterocycles. The van der Waals surface area contributed by atoms with Crippen molar-refractivity contribution in [1.29, 1.82) is 0 Å². The third-order valence-electron chi connectivity index (χ3n) is 3.69. The number of likely N-dealkylation sites (tertiary alicyclic amines) is 1. The van der Waals surface area contributed by atoms with E-state index < -0.39 is 0 Å². The standard InChI is InChI=1S/C11H21N/c1-8(2)11-6-10(7-12(11)3)9-4-5-9/h8-11H,4-7H2,1-3H3/t10-,11+/m1/s1. The topological polar surface area (TPSA) is 3.24 Å². The molecule has 1 saturated heterocycles. The molecule has 0 spiro atoms. The van der Waals surface area contributed by atoms with Gasteiger partial charge in [0.25, 0.3) is 0 Å². The van der Waals surface area contributed by atoms with Gasteiger partial charge in [-0.05, 0) is 44.1 Å². The summed E-state index contributed by atoms with van der Waals surface area (Å²) in [5.74, 6) is 3.00. The monoisotopic (exact) mass is 167 g/mol. The zero-order valence-electron chi connectivity index (χ0n) is 8.59. The highest BCUT2D eigenvalue weighted by Crippen LogP contribution is 2.43. The van der Waals surface area contributed by atoms with Crippen LogP contribution in [-0.2, 0) is 0 Å². The molecular formula is C11H21N. The Labute approximate surface area is 76.1 Å². The molecule has 2 aliphatic rings. The van der Waals surface area contributed by atoms with Gasteiger partial charge in [0.2, 0.25) is 0 Å². The lowest BCUT2D eigenvalue weighted by atomic mass is 9.95. The fourth-order valence-electron chi connectivity index (χ4n) is 2.76. The third-order valence-corrected chi connectivity index (χ3v) is 3.69. The Balaban J connectivity index is 1.92. The maximum absolute atomic E-state index is 2.58. The van der Waals surface area contributed by atoms with Gasteiger partial charge in [0, 0.05) is 12.6 Å². The minimum absolute atomic E-state index is 0.846. The summed E-state index contributed by atoms with van der Waals surface area (Å²) in [5, 5.41) is 0. The Hall–Kier alpha value is -0.0400. The van der Waals surface area contributed by atoms with Crippen molar-refractivity contribution in [3.05, 3.63) is 0 Å². The molecule has 12 heavy (non-hydrogen) atoms. The largest absolute Gasteiger partial charge is 0.303 e. The van der Waals surface area contributed by atoms with Crippen LogP contribution in [0.1, 0.15) is 33.1 Å². The van der Waals surface area contributed by atoms with Crippen molar-refractivity contribution >= 4 is 0 Å². The molecule has 1 heterocycles. The molecule has 2 rings (SSSR count). The molecule has 1 heteroatoms. The van der Waals surface area contributed by atoms with E-state index in [0.29, 0.717) is 0 Å². The molecule has 70 valence electrons. The minimum Gasteiger partial charge on any atom is -0.303 e. The molecule has 1 aliphatic heterocycles. The van der Waals surface area contributed by atoms with Crippen LogP contribution >= 0.6 is 0 Å². The second-order valence-corrected chi connectivity index (χ2v) is 5.08. The van der Waals surface area contributed by atoms with E-state index in [1.54, 1.807) is 0 Å². The van der Waals surface area contributed by atoms with Gasteiger partial charge in [0.1, 0.15) is 0 Å². The molecule has 1 nitrogen and oxygen atoms in total. The SMILES string of the molecule is CC(C)[C@@H]1C[C@@H](C2CC2)CN1C. The van der Waals surface area contributed by atoms with Gasteiger partial charge in [0.15, 0.2) is 0 Å². The maximum atomic E-state index is 2.58. The van der Waals surface area contributed by atoms with Crippen LogP contribution in [0.3, 0.4) is 0 Å². The molecular weight excluding hydrogens is 146 g/mol. The van der Waals surface area contributed by atoms with E-state index in [0.717, 1.165) is 23.8 Å². The number of nitrogens with zero attached hydrogens (tertiary/aromatic N) is 1. The summed E-state index contributed by atoms with van der Waals surface area (Å²) in [6, 6.07) is 0.871. The summed E-state index contributed by atoms with van der Waals surface area (Å²) in [7, 11) is 2.30. The zero-order valence-corrected chi connectivity index (χ0v) is 8.59. The molecule has 0 amide bonds. The molecule has 1 aliphatic carbocycles. The van der Waals surface area contributed by atoms with Crippen LogP contribution < -0.4 is 0 Å². The lowest BCUT2D eigenvalue weighted by Crippen LogP contribution is -2.29. The highest BCUT2D eigenvalue weighted by atomic mass is 15.2. The number of rotatable bonds is 2. The highest BCUT2D eigenvalue weighted by Gasteiger charge is 2.39. The molecule has 1 saturated carbocycles. The lowest BCUT2D eigenvalue weighted by molar-refractivity contribution is 0.249.